The number of nitriles is 1. The van der Waals surface area contributed by atoms with Gasteiger partial charge in [-0.05, 0) is 31.4 Å². The topological polar surface area (TPSA) is 162 Å². The number of benzene rings is 1. The summed E-state index contributed by atoms with van der Waals surface area (Å²) in [7, 11) is 0. The molecule has 2 unspecified atom stereocenters. The molecule has 12 nitrogen and oxygen atoms in total. The molecular weight excluding hydrogens is 571 g/mol. The third kappa shape index (κ3) is 5.97. The van der Waals surface area contributed by atoms with E-state index in [9.17, 15) is 28.4 Å². The molecule has 5 rings (SSSR count). The van der Waals surface area contributed by atoms with Gasteiger partial charge in [-0.3, -0.25) is 34.2 Å². The summed E-state index contributed by atoms with van der Waals surface area (Å²) in [5.41, 5.74) is 0.135. The minimum atomic E-state index is -1.01. The van der Waals surface area contributed by atoms with Crippen molar-refractivity contribution >= 4 is 35.2 Å². The van der Waals surface area contributed by atoms with Crippen LogP contribution in [-0.2, 0) is 14.4 Å². The molecule has 3 aliphatic rings. The lowest BCUT2D eigenvalue weighted by molar-refractivity contribution is -0.136. The Bertz CT molecular complexity index is 1570. The zero-order valence-corrected chi connectivity index (χ0v) is 24.5. The molecule has 0 radical (unpaired) electrons. The van der Waals surface area contributed by atoms with Gasteiger partial charge in [-0.1, -0.05) is 32.8 Å². The number of carbonyl (C=O) groups is 5. The highest BCUT2D eigenvalue weighted by atomic mass is 19.1. The number of ether oxygens (including phenoxy) is 1. The van der Waals surface area contributed by atoms with Crippen LogP contribution >= 0.6 is 0 Å². The summed E-state index contributed by atoms with van der Waals surface area (Å²) < 4.78 is 19.8. The quantitative estimate of drug-likeness (QED) is 0.290. The molecule has 0 spiro atoms. The zero-order valence-electron chi connectivity index (χ0n) is 24.5. The first-order chi connectivity index (χ1) is 21.0. The van der Waals surface area contributed by atoms with E-state index in [1.807, 2.05) is 13.8 Å². The van der Waals surface area contributed by atoms with E-state index >= 15 is 0 Å². The zero-order chi connectivity index (χ0) is 31.6. The summed E-state index contributed by atoms with van der Waals surface area (Å²) in [6, 6.07) is 6.67. The molecule has 230 valence electrons. The van der Waals surface area contributed by atoms with E-state index in [2.05, 4.69) is 15.6 Å². The van der Waals surface area contributed by atoms with Crippen LogP contribution < -0.4 is 15.4 Å². The number of nitrogens with zero attached hydrogens (tertiary/aromatic N) is 4. The summed E-state index contributed by atoms with van der Waals surface area (Å²) in [6.45, 7) is 5.42. The number of hydrogen-bond acceptors (Lipinski definition) is 9. The van der Waals surface area contributed by atoms with Crippen LogP contribution in [0, 0.1) is 22.6 Å². The second-order valence-electron chi connectivity index (χ2n) is 11.9. The molecule has 0 saturated carbocycles. The second kappa shape index (κ2) is 12.4. The summed E-state index contributed by atoms with van der Waals surface area (Å²) in [5.74, 6) is -3.04. The summed E-state index contributed by atoms with van der Waals surface area (Å²) in [6.07, 6.45) is 3.88. The first kappa shape index (κ1) is 30.6. The van der Waals surface area contributed by atoms with Crippen molar-refractivity contribution in [2.45, 2.75) is 64.5 Å². The molecule has 13 heteroatoms. The van der Waals surface area contributed by atoms with Crippen molar-refractivity contribution in [2.24, 2.45) is 5.41 Å². The van der Waals surface area contributed by atoms with Crippen LogP contribution in [0.5, 0.6) is 5.75 Å². The van der Waals surface area contributed by atoms with Gasteiger partial charge in [-0.25, -0.2) is 9.37 Å². The number of hydrogen-bond donors (Lipinski definition) is 2. The third-order valence-corrected chi connectivity index (χ3v) is 8.16. The number of aromatic nitrogens is 1. The van der Waals surface area contributed by atoms with Crippen LogP contribution in [0.25, 0.3) is 0 Å². The van der Waals surface area contributed by atoms with Gasteiger partial charge in [0.2, 0.25) is 11.8 Å². The highest BCUT2D eigenvalue weighted by Crippen LogP contribution is 2.35. The Morgan fingerprint density at radius 1 is 1.14 bits per heavy atom. The number of fused-ring (bicyclic) bond motifs is 1. The monoisotopic (exact) mass is 604 g/mol. The van der Waals surface area contributed by atoms with E-state index in [1.165, 1.54) is 6.20 Å². The highest BCUT2D eigenvalue weighted by Gasteiger charge is 2.48. The van der Waals surface area contributed by atoms with Gasteiger partial charge in [0.1, 0.15) is 17.9 Å². The molecule has 0 bridgehead atoms. The van der Waals surface area contributed by atoms with E-state index < -0.39 is 47.0 Å². The standard InChI is InChI=1S/C31H33FN6O6/c1-31(2)17-37(30(43)26(31)44-18-14-20(32)22(15-33)35-16-18)13-6-4-3-5-12-34-21-9-7-8-19-25(21)29(42)38(28(19)41)23-10-11-24(39)36-27(23)40/h7-9,14,16,23,26,34H,3-6,10-13,17H2,1-2H3,(H,36,39,40). The van der Waals surface area contributed by atoms with Gasteiger partial charge in [0.15, 0.2) is 17.6 Å². The van der Waals surface area contributed by atoms with Crippen molar-refractivity contribution < 1.29 is 33.1 Å². The molecule has 2 aromatic rings. The maximum absolute atomic E-state index is 14.0. The van der Waals surface area contributed by atoms with Crippen molar-refractivity contribution in [1.29, 1.82) is 5.26 Å². The molecule has 4 heterocycles. The first-order valence-corrected chi connectivity index (χ1v) is 14.6. The van der Waals surface area contributed by atoms with Crippen molar-refractivity contribution in [3.8, 4) is 11.8 Å². The number of anilines is 1. The smallest absolute Gasteiger partial charge is 0.264 e. The van der Waals surface area contributed by atoms with E-state index in [1.54, 1.807) is 29.2 Å². The molecular formula is C31H33FN6O6. The maximum Gasteiger partial charge on any atom is 0.264 e. The number of pyridine rings is 1. The Kier molecular flexibility index (Phi) is 8.62. The number of halogens is 1. The van der Waals surface area contributed by atoms with Crippen LogP contribution in [0.15, 0.2) is 30.5 Å². The number of piperidine rings is 1. The van der Waals surface area contributed by atoms with Crippen LogP contribution in [0.3, 0.4) is 0 Å². The van der Waals surface area contributed by atoms with Gasteiger partial charge in [0.05, 0.1) is 17.3 Å². The number of nitrogens with one attached hydrogen (secondary N) is 2. The van der Waals surface area contributed by atoms with E-state index in [-0.39, 0.29) is 41.3 Å². The molecule has 1 aromatic heterocycles. The number of unbranched alkanes of at least 4 members (excludes halogenated alkanes) is 3. The van der Waals surface area contributed by atoms with Crippen LogP contribution in [0.1, 0.15) is 78.8 Å². The second-order valence-corrected chi connectivity index (χ2v) is 11.9. The first-order valence-electron chi connectivity index (χ1n) is 14.6. The Balaban J connectivity index is 1.08. The van der Waals surface area contributed by atoms with Gasteiger partial charge in [0.25, 0.3) is 17.7 Å². The Hall–Kier alpha value is -4.86. The highest BCUT2D eigenvalue weighted by molar-refractivity contribution is 6.25. The Morgan fingerprint density at radius 3 is 2.64 bits per heavy atom. The van der Waals surface area contributed by atoms with Gasteiger partial charge in [-0.2, -0.15) is 5.26 Å². The summed E-state index contributed by atoms with van der Waals surface area (Å²) in [5, 5.41) is 14.3. The lowest BCUT2D eigenvalue weighted by Crippen LogP contribution is -2.54. The Labute approximate surface area is 253 Å². The van der Waals surface area contributed by atoms with Crippen LogP contribution in [0.4, 0.5) is 10.1 Å². The summed E-state index contributed by atoms with van der Waals surface area (Å²) in [4.78, 5) is 69.6. The molecule has 2 saturated heterocycles. The molecule has 44 heavy (non-hydrogen) atoms. The van der Waals surface area contributed by atoms with Gasteiger partial charge in [-0.15, -0.1) is 0 Å². The van der Waals surface area contributed by atoms with Crippen molar-refractivity contribution in [2.75, 3.05) is 25.0 Å². The number of imide groups is 2. The van der Waals surface area contributed by atoms with Gasteiger partial charge in [0, 0.05) is 43.2 Å². The van der Waals surface area contributed by atoms with E-state index in [0.29, 0.717) is 25.3 Å². The molecule has 1 aromatic carbocycles. The third-order valence-electron chi connectivity index (χ3n) is 8.16. The minimum absolute atomic E-state index is 0.0600. The number of carbonyl (C=O) groups excluding carboxylic acids is 5. The fourth-order valence-electron chi connectivity index (χ4n) is 5.92. The van der Waals surface area contributed by atoms with Crippen molar-refractivity contribution in [3.05, 3.63) is 53.1 Å². The molecule has 2 atom stereocenters. The van der Waals surface area contributed by atoms with Gasteiger partial charge >= 0.3 is 0 Å². The maximum atomic E-state index is 14.0. The molecule has 2 fully saturated rings. The number of amides is 5. The predicted molar refractivity (Wildman–Crippen MR) is 154 cm³/mol. The van der Waals surface area contributed by atoms with Crippen LogP contribution in [-0.4, -0.2) is 76.1 Å². The number of likely N-dealkylation sites (tertiary alicyclic amines) is 1. The molecule has 3 aliphatic heterocycles. The number of rotatable bonds is 11. The summed E-state index contributed by atoms with van der Waals surface area (Å²) >= 11 is 0. The van der Waals surface area contributed by atoms with E-state index in [4.69, 9.17) is 10.00 Å². The van der Waals surface area contributed by atoms with Crippen LogP contribution in [0.2, 0.25) is 0 Å². The predicted octanol–water partition coefficient (Wildman–Crippen LogP) is 2.78. The van der Waals surface area contributed by atoms with Crippen molar-refractivity contribution in [3.63, 3.8) is 0 Å². The van der Waals surface area contributed by atoms with Gasteiger partial charge < -0.3 is 15.0 Å². The lowest BCUT2D eigenvalue weighted by atomic mass is 9.89. The van der Waals surface area contributed by atoms with E-state index in [0.717, 1.165) is 36.6 Å². The Morgan fingerprint density at radius 2 is 1.91 bits per heavy atom. The average Bonchev–Trinajstić information content (AvgIpc) is 3.36. The molecule has 0 aliphatic carbocycles. The SMILES string of the molecule is CC1(C)CN(CCCCCCNc2cccc3c2C(=O)N(C2CCC(=O)NC2=O)C3=O)C(=O)C1Oc1cnc(C#N)c(F)c1. The molecule has 2 N–H and O–H groups in total. The minimum Gasteiger partial charge on any atom is -0.478 e. The normalized spacial score (nSPS) is 20.9. The fraction of sp³-hybridized carbons (Fsp3) is 0.452. The molecule has 5 amide bonds. The fourth-order valence-corrected chi connectivity index (χ4v) is 5.92. The average molecular weight is 605 g/mol. The lowest BCUT2D eigenvalue weighted by Gasteiger charge is -2.27. The largest absolute Gasteiger partial charge is 0.478 e. The van der Waals surface area contributed by atoms with Crippen molar-refractivity contribution in [1.82, 2.24) is 20.1 Å².